The quantitative estimate of drug-likeness (QED) is 0.472. The van der Waals surface area contributed by atoms with Gasteiger partial charge < -0.3 is 19.6 Å². The highest BCUT2D eigenvalue weighted by molar-refractivity contribution is 5.89. The van der Waals surface area contributed by atoms with Crippen molar-refractivity contribution in [2.24, 2.45) is 0 Å². The van der Waals surface area contributed by atoms with E-state index in [0.717, 1.165) is 22.0 Å². The molecule has 0 aliphatic carbocycles. The minimum atomic E-state index is -0.428. The van der Waals surface area contributed by atoms with Gasteiger partial charge in [0.15, 0.2) is 0 Å². The molecule has 0 unspecified atom stereocenters. The number of amides is 2. The minimum absolute atomic E-state index is 0.0753. The molecule has 0 spiro atoms. The zero-order valence-electron chi connectivity index (χ0n) is 17.2. The second-order valence-corrected chi connectivity index (χ2v) is 7.47. The van der Waals surface area contributed by atoms with Gasteiger partial charge in [0.05, 0.1) is 24.9 Å². The van der Waals surface area contributed by atoms with Gasteiger partial charge in [0.1, 0.15) is 11.6 Å². The summed E-state index contributed by atoms with van der Waals surface area (Å²) in [6.45, 7) is 4.20. The summed E-state index contributed by atoms with van der Waals surface area (Å²) in [6.07, 6.45) is 1.53. The number of furan rings is 1. The summed E-state index contributed by atoms with van der Waals surface area (Å²) in [6, 6.07) is 14.3. The minimum Gasteiger partial charge on any atom is -0.467 e. The first-order valence-electron chi connectivity index (χ1n) is 9.86. The van der Waals surface area contributed by atoms with Crippen LogP contribution in [0.5, 0.6) is 0 Å². The molecule has 0 radical (unpaired) electrons. The van der Waals surface area contributed by atoms with Gasteiger partial charge in [-0.3, -0.25) is 4.79 Å². The number of urea groups is 1. The van der Waals surface area contributed by atoms with E-state index in [2.05, 4.69) is 10.3 Å². The van der Waals surface area contributed by atoms with Gasteiger partial charge >= 0.3 is 6.03 Å². The number of aromatic nitrogens is 1. The molecule has 2 aromatic carbocycles. The fourth-order valence-electron chi connectivity index (χ4n) is 3.42. The van der Waals surface area contributed by atoms with Crippen molar-refractivity contribution in [3.8, 4) is 0 Å². The number of aryl methyl sites for hydroxylation is 2. The van der Waals surface area contributed by atoms with Crippen molar-refractivity contribution >= 4 is 22.6 Å². The number of hydrogen-bond donors (Lipinski definition) is 2. The van der Waals surface area contributed by atoms with Gasteiger partial charge in [-0.05, 0) is 72.8 Å². The molecule has 2 heterocycles. The summed E-state index contributed by atoms with van der Waals surface area (Å²) >= 11 is 0. The number of hydrogen-bond acceptors (Lipinski definition) is 3. The summed E-state index contributed by atoms with van der Waals surface area (Å²) in [4.78, 5) is 30.2. The Morgan fingerprint density at radius 2 is 1.87 bits per heavy atom. The molecule has 2 N–H and O–H groups in total. The summed E-state index contributed by atoms with van der Waals surface area (Å²) < 4.78 is 18.6. The normalized spacial score (nSPS) is 10.9. The van der Waals surface area contributed by atoms with Crippen LogP contribution in [0, 0.1) is 19.7 Å². The Labute approximate surface area is 178 Å². The molecule has 0 aliphatic heterocycles. The van der Waals surface area contributed by atoms with E-state index >= 15 is 0 Å². The number of nitrogens with zero attached hydrogens (tertiary/aromatic N) is 1. The van der Waals surface area contributed by atoms with Crippen LogP contribution in [0.2, 0.25) is 0 Å². The zero-order valence-corrected chi connectivity index (χ0v) is 17.2. The fraction of sp³-hybridized carbons (Fsp3) is 0.167. The Hall–Kier alpha value is -3.87. The van der Waals surface area contributed by atoms with Gasteiger partial charge in [-0.2, -0.15) is 0 Å². The number of carbonyl (C=O) groups is 1. The highest BCUT2D eigenvalue weighted by Crippen LogP contribution is 2.20. The van der Waals surface area contributed by atoms with E-state index in [1.807, 2.05) is 26.0 Å². The van der Waals surface area contributed by atoms with Gasteiger partial charge in [-0.15, -0.1) is 0 Å². The SMILES string of the molecule is Cc1ccc2cc(CN(Cc3ccco3)C(=O)Nc3ccc(F)cc3)c(=O)[nH]c2c1C. The van der Waals surface area contributed by atoms with E-state index in [4.69, 9.17) is 4.42 Å². The summed E-state index contributed by atoms with van der Waals surface area (Å²) in [5, 5.41) is 3.64. The molecular formula is C24H22FN3O3. The standard InChI is InChI=1S/C24H22FN3O3/c1-15-5-6-17-12-18(23(29)27-22(17)16(15)2)13-28(14-21-4-3-11-31-21)24(30)26-20-9-7-19(25)8-10-20/h3-12H,13-14H2,1-2H3,(H,26,30)(H,27,29). The first-order chi connectivity index (χ1) is 14.9. The van der Waals surface area contributed by atoms with E-state index in [1.54, 1.807) is 18.2 Å². The monoisotopic (exact) mass is 419 g/mol. The number of fused-ring (bicyclic) bond motifs is 1. The largest absolute Gasteiger partial charge is 0.467 e. The predicted octanol–water partition coefficient (Wildman–Crippen LogP) is 5.11. The summed E-state index contributed by atoms with van der Waals surface area (Å²) in [5.41, 5.74) is 3.56. The molecule has 7 heteroatoms. The lowest BCUT2D eigenvalue weighted by Gasteiger charge is -2.22. The van der Waals surface area contributed by atoms with Gasteiger partial charge in [0.2, 0.25) is 0 Å². The Balaban J connectivity index is 1.64. The van der Waals surface area contributed by atoms with E-state index in [9.17, 15) is 14.0 Å². The summed E-state index contributed by atoms with van der Waals surface area (Å²) in [7, 11) is 0. The molecule has 0 fully saturated rings. The first kappa shape index (κ1) is 20.4. The Kier molecular flexibility index (Phi) is 5.58. The van der Waals surface area contributed by atoms with Crippen LogP contribution in [0.3, 0.4) is 0 Å². The Morgan fingerprint density at radius 1 is 1.10 bits per heavy atom. The first-order valence-corrected chi connectivity index (χ1v) is 9.86. The number of aromatic amines is 1. The van der Waals surface area contributed by atoms with Crippen molar-refractivity contribution in [3.63, 3.8) is 0 Å². The molecular weight excluding hydrogens is 397 g/mol. The number of nitrogens with one attached hydrogen (secondary N) is 2. The highest BCUT2D eigenvalue weighted by Gasteiger charge is 2.18. The third-order valence-electron chi connectivity index (χ3n) is 5.30. The van der Waals surface area contributed by atoms with Gasteiger partial charge in [0, 0.05) is 11.3 Å². The lowest BCUT2D eigenvalue weighted by Crippen LogP contribution is -2.35. The molecule has 6 nitrogen and oxygen atoms in total. The highest BCUT2D eigenvalue weighted by atomic mass is 19.1. The average molecular weight is 419 g/mol. The Bertz CT molecular complexity index is 1280. The smallest absolute Gasteiger partial charge is 0.322 e. The molecule has 0 saturated heterocycles. The van der Waals surface area contributed by atoms with Gasteiger partial charge in [0.25, 0.3) is 5.56 Å². The maximum atomic E-state index is 13.2. The van der Waals surface area contributed by atoms with E-state index < -0.39 is 11.8 Å². The van der Waals surface area contributed by atoms with E-state index in [-0.39, 0.29) is 18.6 Å². The molecule has 0 bridgehead atoms. The number of rotatable bonds is 5. The van der Waals surface area contributed by atoms with Crippen LogP contribution in [-0.4, -0.2) is 15.9 Å². The van der Waals surface area contributed by atoms with Crippen LogP contribution in [-0.2, 0) is 13.1 Å². The van der Waals surface area contributed by atoms with Crippen LogP contribution in [0.4, 0.5) is 14.9 Å². The topological polar surface area (TPSA) is 78.3 Å². The van der Waals surface area contributed by atoms with Crippen LogP contribution >= 0.6 is 0 Å². The van der Waals surface area contributed by atoms with Crippen molar-refractivity contribution in [2.75, 3.05) is 5.32 Å². The zero-order chi connectivity index (χ0) is 22.0. The number of carbonyl (C=O) groups excluding carboxylic acids is 1. The van der Waals surface area contributed by atoms with Crippen molar-refractivity contribution in [3.05, 3.63) is 99.5 Å². The average Bonchev–Trinajstić information content (AvgIpc) is 3.26. The fourth-order valence-corrected chi connectivity index (χ4v) is 3.42. The molecule has 4 aromatic rings. The molecule has 2 aromatic heterocycles. The second-order valence-electron chi connectivity index (χ2n) is 7.47. The number of anilines is 1. The van der Waals surface area contributed by atoms with Gasteiger partial charge in [-0.1, -0.05) is 12.1 Å². The van der Waals surface area contributed by atoms with Crippen LogP contribution < -0.4 is 10.9 Å². The van der Waals surface area contributed by atoms with Crippen LogP contribution in [0.25, 0.3) is 10.9 Å². The lowest BCUT2D eigenvalue weighted by molar-refractivity contribution is 0.201. The maximum absolute atomic E-state index is 13.2. The van der Waals surface area contributed by atoms with Crippen molar-refractivity contribution < 1.29 is 13.6 Å². The van der Waals surface area contributed by atoms with Crippen molar-refractivity contribution in [2.45, 2.75) is 26.9 Å². The molecule has 0 atom stereocenters. The number of H-pyrrole nitrogens is 1. The third kappa shape index (κ3) is 4.50. The molecule has 4 rings (SSSR count). The third-order valence-corrected chi connectivity index (χ3v) is 5.30. The number of benzene rings is 2. The number of halogens is 1. The van der Waals surface area contributed by atoms with E-state index in [0.29, 0.717) is 17.0 Å². The van der Waals surface area contributed by atoms with E-state index in [1.165, 1.54) is 35.4 Å². The molecule has 158 valence electrons. The maximum Gasteiger partial charge on any atom is 0.322 e. The lowest BCUT2D eigenvalue weighted by atomic mass is 10.0. The molecule has 0 saturated carbocycles. The summed E-state index contributed by atoms with van der Waals surface area (Å²) in [5.74, 6) is 0.191. The predicted molar refractivity (Wildman–Crippen MR) is 117 cm³/mol. The Morgan fingerprint density at radius 3 is 2.58 bits per heavy atom. The molecule has 2 amide bonds. The second kappa shape index (κ2) is 8.47. The number of pyridine rings is 1. The van der Waals surface area contributed by atoms with Crippen LogP contribution in [0.15, 0.2) is 70.1 Å². The molecule has 0 aliphatic rings. The van der Waals surface area contributed by atoms with Crippen molar-refractivity contribution in [1.82, 2.24) is 9.88 Å². The molecule has 31 heavy (non-hydrogen) atoms. The van der Waals surface area contributed by atoms with Gasteiger partial charge in [-0.25, -0.2) is 9.18 Å². The van der Waals surface area contributed by atoms with Crippen molar-refractivity contribution in [1.29, 1.82) is 0 Å². The van der Waals surface area contributed by atoms with Crippen LogP contribution in [0.1, 0.15) is 22.5 Å².